The Labute approximate surface area is 120 Å². The molecule has 7 nitrogen and oxygen atoms in total. The van der Waals surface area contributed by atoms with Crippen LogP contribution in [-0.4, -0.2) is 26.2 Å². The number of nitriles is 5. The molecule has 0 saturated carbocycles. The van der Waals surface area contributed by atoms with E-state index in [9.17, 15) is 0 Å². The molecule has 0 aromatic heterocycles. The van der Waals surface area contributed by atoms with E-state index < -0.39 is 11.8 Å². The van der Waals surface area contributed by atoms with Gasteiger partial charge in [0.25, 0.3) is 0 Å². The van der Waals surface area contributed by atoms with E-state index in [0.717, 1.165) is 26.2 Å². The predicted octanol–water partition coefficient (Wildman–Crippen LogP) is 0.677. The normalized spacial score (nSPS) is 10.8. The molecule has 0 aliphatic carbocycles. The Kier molecular flexibility index (Phi) is 10.9. The molecule has 0 aliphatic heterocycles. The molecule has 0 fully saturated rings. The van der Waals surface area contributed by atoms with Crippen LogP contribution in [0.1, 0.15) is 20.3 Å². The van der Waals surface area contributed by atoms with E-state index in [1.165, 1.54) is 31.3 Å². The van der Waals surface area contributed by atoms with Crippen molar-refractivity contribution in [1.82, 2.24) is 10.6 Å². The summed E-state index contributed by atoms with van der Waals surface area (Å²) in [6.07, 6.45) is 1.24. The Bertz CT molecular complexity index is 389. The van der Waals surface area contributed by atoms with Gasteiger partial charge in [-0.3, -0.25) is 0 Å². The summed E-state index contributed by atoms with van der Waals surface area (Å²) >= 11 is -4.78. The van der Waals surface area contributed by atoms with Crippen LogP contribution in [0.15, 0.2) is 0 Å². The Balaban J connectivity index is 0. The van der Waals surface area contributed by atoms with Gasteiger partial charge in [-0.25, -0.2) is 0 Å². The fraction of sp³-hybridized carbons (Fsp3) is 0.583. The summed E-state index contributed by atoms with van der Waals surface area (Å²) in [6.45, 7) is 8.73. The van der Waals surface area contributed by atoms with Crippen molar-refractivity contribution in [3.8, 4) is 24.8 Å². The minimum absolute atomic E-state index is 1.09. The molecule has 0 aromatic carbocycles. The third kappa shape index (κ3) is 6.17. The summed E-state index contributed by atoms with van der Waals surface area (Å²) in [5.41, 5.74) is 0. The van der Waals surface area contributed by atoms with Crippen LogP contribution in [0.2, 0.25) is 0 Å². The van der Waals surface area contributed by atoms with Gasteiger partial charge in [0.15, 0.2) is 0 Å². The fourth-order valence-corrected chi connectivity index (χ4v) is 1.42. The third-order valence-electron chi connectivity index (χ3n) is 2.00. The number of nitrogens with one attached hydrogen (secondary N) is 2. The van der Waals surface area contributed by atoms with Crippen LogP contribution in [0.4, 0.5) is 0 Å². The average Bonchev–Trinajstić information content (AvgIpc) is 2.52. The van der Waals surface area contributed by atoms with Gasteiger partial charge in [0, 0.05) is 0 Å². The topological polar surface area (TPSA) is 143 Å². The summed E-state index contributed by atoms with van der Waals surface area (Å²) in [7, 11) is 0. The van der Waals surface area contributed by atoms with Gasteiger partial charge in [0.1, 0.15) is 0 Å². The van der Waals surface area contributed by atoms with Crippen molar-refractivity contribution >= 4 is 0 Å². The zero-order chi connectivity index (χ0) is 15.9. The van der Waals surface area contributed by atoms with Crippen molar-refractivity contribution in [2.45, 2.75) is 20.3 Å². The van der Waals surface area contributed by atoms with E-state index in [4.69, 9.17) is 26.3 Å². The molecule has 0 spiro atoms. The van der Waals surface area contributed by atoms with E-state index in [-0.39, 0.29) is 0 Å². The Morgan fingerprint density at radius 1 is 0.700 bits per heavy atom. The molecule has 0 atom stereocenters. The van der Waals surface area contributed by atoms with Gasteiger partial charge in [-0.05, 0) is 32.6 Å². The van der Waals surface area contributed by atoms with Gasteiger partial charge in [-0.1, -0.05) is 13.8 Å². The zero-order valence-corrected chi connectivity index (χ0v) is 12.7. The molecule has 2 N–H and O–H groups in total. The second-order valence-electron chi connectivity index (χ2n) is 3.34. The van der Waals surface area contributed by atoms with E-state index in [1.54, 1.807) is 0 Å². The fourth-order valence-electron chi connectivity index (χ4n) is 0.869. The summed E-state index contributed by atoms with van der Waals surface area (Å²) in [6, 6.07) is 0. The van der Waals surface area contributed by atoms with E-state index in [0.29, 0.717) is 0 Å². The predicted molar refractivity (Wildman–Crippen MR) is 69.8 cm³/mol. The minimum atomic E-state index is -4.78. The number of hydrogen-bond donors (Lipinski definition) is 2. The standard InChI is InChI=1S/C7H18N2.5CN.Fe/c1-3-8-6-5-7-9-4-2;5*1-2;/h8-9H,3-7H2,1-2H3;;;;;;. The first-order valence-electron chi connectivity index (χ1n) is 5.83. The molecule has 0 heterocycles. The molecule has 0 amide bonds. The SMILES string of the molecule is CCNCCCNCC.N#[C][Fe]([C]#N)([C]#N)([C]#N)[C]#N. The first-order valence-corrected chi connectivity index (χ1v) is 8.59. The van der Waals surface area contributed by atoms with Gasteiger partial charge in [0.2, 0.25) is 0 Å². The monoisotopic (exact) mass is 316 g/mol. The summed E-state index contributed by atoms with van der Waals surface area (Å²) in [4.78, 5) is 6.12. The van der Waals surface area contributed by atoms with Gasteiger partial charge < -0.3 is 10.6 Å². The molecule has 20 heavy (non-hydrogen) atoms. The van der Waals surface area contributed by atoms with Crippen LogP contribution < -0.4 is 10.6 Å². The van der Waals surface area contributed by atoms with Crippen LogP contribution >= 0.6 is 0 Å². The van der Waals surface area contributed by atoms with E-state index >= 15 is 0 Å². The van der Waals surface area contributed by atoms with Crippen molar-refractivity contribution in [2.75, 3.05) is 26.2 Å². The Morgan fingerprint density at radius 2 is 1.00 bits per heavy atom. The Morgan fingerprint density at radius 3 is 1.15 bits per heavy atom. The van der Waals surface area contributed by atoms with E-state index in [1.807, 2.05) is 0 Å². The molecule has 0 bridgehead atoms. The van der Waals surface area contributed by atoms with Crippen LogP contribution in [-0.2, 0) is 11.8 Å². The van der Waals surface area contributed by atoms with Crippen molar-refractivity contribution in [1.29, 1.82) is 26.3 Å². The average molecular weight is 316 g/mol. The van der Waals surface area contributed by atoms with Gasteiger partial charge in [-0.2, -0.15) is 0 Å². The molecule has 0 saturated heterocycles. The first-order chi connectivity index (χ1) is 9.53. The maximum absolute atomic E-state index is 8.35. The van der Waals surface area contributed by atoms with Crippen LogP contribution in [0, 0.1) is 51.1 Å². The van der Waals surface area contributed by atoms with Crippen molar-refractivity contribution in [3.05, 3.63) is 0 Å². The molecule has 0 rings (SSSR count). The van der Waals surface area contributed by atoms with Gasteiger partial charge >= 0.3 is 62.9 Å². The summed E-state index contributed by atoms with van der Waals surface area (Å²) < 4.78 is 0. The molecular weight excluding hydrogens is 298 g/mol. The van der Waals surface area contributed by atoms with Gasteiger partial charge in [0.05, 0.1) is 0 Å². The summed E-state index contributed by atoms with van der Waals surface area (Å²) in [5, 5.41) is 48.3. The molecule has 8 heteroatoms. The Hall–Kier alpha value is -2.11. The zero-order valence-electron chi connectivity index (χ0n) is 11.6. The van der Waals surface area contributed by atoms with Crippen LogP contribution in [0.25, 0.3) is 0 Å². The first kappa shape index (κ1) is 20.2. The number of nitrogens with zero attached hydrogens (tertiary/aromatic N) is 5. The molecule has 0 aliphatic rings. The van der Waals surface area contributed by atoms with Crippen LogP contribution in [0.5, 0.6) is 0 Å². The maximum atomic E-state index is 8.35. The molecular formula is C12H18FeN7. The van der Waals surface area contributed by atoms with Crippen molar-refractivity contribution < 1.29 is 11.8 Å². The molecule has 0 radical (unpaired) electrons. The molecule has 0 aromatic rings. The molecule has 109 valence electrons. The second-order valence-corrected chi connectivity index (χ2v) is 7.33. The van der Waals surface area contributed by atoms with Crippen molar-refractivity contribution in [2.24, 2.45) is 0 Å². The molecule has 0 unspecified atom stereocenters. The number of hydrogen-bond acceptors (Lipinski definition) is 7. The summed E-state index contributed by atoms with van der Waals surface area (Å²) in [5.74, 6) is 0. The number of rotatable bonds is 6. The van der Waals surface area contributed by atoms with Gasteiger partial charge in [-0.15, -0.1) is 0 Å². The quantitative estimate of drug-likeness (QED) is 0.541. The third-order valence-corrected chi connectivity index (χ3v) is 4.47. The van der Waals surface area contributed by atoms with Crippen LogP contribution in [0.3, 0.4) is 0 Å². The van der Waals surface area contributed by atoms with Crippen molar-refractivity contribution in [3.63, 3.8) is 0 Å². The van der Waals surface area contributed by atoms with E-state index in [2.05, 4.69) is 24.5 Å². The second kappa shape index (κ2) is 10.8.